The molecule has 0 spiro atoms. The monoisotopic (exact) mass is 617 g/mol. The molecule has 0 radical (unpaired) electrons. The summed E-state index contributed by atoms with van der Waals surface area (Å²) in [6.07, 6.45) is 0.600. The number of nitrogens with one attached hydrogen (secondary N) is 2. The summed E-state index contributed by atoms with van der Waals surface area (Å²) in [5.41, 5.74) is 3.63. The average Bonchev–Trinajstić information content (AvgIpc) is 2.96. The van der Waals surface area contributed by atoms with Crippen LogP contribution in [0.1, 0.15) is 66.8 Å². The predicted molar refractivity (Wildman–Crippen MR) is 167 cm³/mol. The molecule has 0 saturated heterocycles. The molecule has 0 aliphatic carbocycles. The van der Waals surface area contributed by atoms with Gasteiger partial charge >= 0.3 is 0 Å². The zero-order valence-electron chi connectivity index (χ0n) is 26.3. The lowest BCUT2D eigenvalue weighted by Crippen LogP contribution is -2.52. The number of sulfonamides is 1. The Hall–Kier alpha value is -3.32. The third kappa shape index (κ3) is 10.4. The number of benzene rings is 2. The van der Waals surface area contributed by atoms with Gasteiger partial charge in [0, 0.05) is 57.8 Å². The molecule has 3 amide bonds. The number of hydrazine groups is 1. The van der Waals surface area contributed by atoms with Crippen molar-refractivity contribution < 1.29 is 27.9 Å². The van der Waals surface area contributed by atoms with E-state index in [4.69, 9.17) is 0 Å². The van der Waals surface area contributed by atoms with Crippen molar-refractivity contribution in [2.24, 2.45) is 5.92 Å². The van der Waals surface area contributed by atoms with Gasteiger partial charge in [-0.3, -0.25) is 19.8 Å². The Morgan fingerprint density at radius 2 is 1.49 bits per heavy atom. The molecule has 2 atom stereocenters. The first-order valence-corrected chi connectivity index (χ1v) is 16.1. The second-order valence-corrected chi connectivity index (χ2v) is 13.3. The third-order valence-electron chi connectivity index (χ3n) is 6.83. The molecule has 0 heterocycles. The van der Waals surface area contributed by atoms with E-state index in [0.29, 0.717) is 13.1 Å². The highest BCUT2D eigenvalue weighted by Crippen LogP contribution is 2.21. The van der Waals surface area contributed by atoms with Crippen LogP contribution in [0.5, 0.6) is 0 Å². The summed E-state index contributed by atoms with van der Waals surface area (Å²) in [7, 11) is 0.401. The van der Waals surface area contributed by atoms with E-state index in [9.17, 15) is 27.9 Å². The number of hydrogen-bond acceptors (Lipinski definition) is 7. The Kier molecular flexibility index (Phi) is 13.8. The second kappa shape index (κ2) is 16.5. The van der Waals surface area contributed by atoms with Crippen molar-refractivity contribution in [2.45, 2.75) is 64.0 Å². The van der Waals surface area contributed by atoms with E-state index in [1.54, 1.807) is 25.8 Å². The molecule has 2 aromatic carbocycles. The lowest BCUT2D eigenvalue weighted by molar-refractivity contribution is -0.129. The molecule has 3 N–H and O–H groups in total. The number of hydrogen-bond donors (Lipinski definition) is 3. The topological polar surface area (TPSA) is 139 Å². The van der Waals surface area contributed by atoms with E-state index in [1.807, 2.05) is 44.2 Å². The van der Waals surface area contributed by atoms with Gasteiger partial charge in [-0.2, -0.15) is 0 Å². The summed E-state index contributed by atoms with van der Waals surface area (Å²) in [6.45, 7) is 8.40. The van der Waals surface area contributed by atoms with Crippen LogP contribution in [0.3, 0.4) is 0 Å². The molecule has 0 fully saturated rings. The molecule has 238 valence electrons. The summed E-state index contributed by atoms with van der Waals surface area (Å²) in [5.74, 6) is -1.48. The van der Waals surface area contributed by atoms with Crippen molar-refractivity contribution in [3.05, 3.63) is 65.2 Å². The highest BCUT2D eigenvalue weighted by atomic mass is 32.2. The van der Waals surface area contributed by atoms with Crippen LogP contribution in [0.4, 0.5) is 0 Å². The maximum absolute atomic E-state index is 13.7. The molecule has 0 saturated carbocycles. The molecule has 2 unspecified atom stereocenters. The molecule has 12 heteroatoms. The Morgan fingerprint density at radius 3 is 2.02 bits per heavy atom. The minimum atomic E-state index is -3.98. The summed E-state index contributed by atoms with van der Waals surface area (Å²) in [5, 5.41) is 15.5. The van der Waals surface area contributed by atoms with Gasteiger partial charge in [-0.1, -0.05) is 58.0 Å². The van der Waals surface area contributed by atoms with Crippen molar-refractivity contribution in [3.8, 4) is 0 Å². The Morgan fingerprint density at radius 1 is 0.907 bits per heavy atom. The van der Waals surface area contributed by atoms with Crippen LogP contribution in [0, 0.1) is 5.92 Å². The zero-order chi connectivity index (χ0) is 32.3. The number of amides is 3. The molecule has 2 aromatic rings. The van der Waals surface area contributed by atoms with Crippen molar-refractivity contribution in [2.75, 3.05) is 40.8 Å². The number of carbonyl (C=O) groups is 3. The summed E-state index contributed by atoms with van der Waals surface area (Å²) < 4.78 is 27.3. The van der Waals surface area contributed by atoms with Crippen LogP contribution in [-0.4, -0.2) is 98.4 Å². The normalized spacial score (nSPS) is 13.2. The minimum absolute atomic E-state index is 0.0119. The van der Waals surface area contributed by atoms with Gasteiger partial charge in [-0.05, 0) is 43.0 Å². The maximum Gasteiger partial charge on any atom is 0.253 e. The lowest BCUT2D eigenvalue weighted by atomic mass is 10.00. The largest absolute Gasteiger partial charge is 0.390 e. The van der Waals surface area contributed by atoms with E-state index in [-0.39, 0.29) is 46.7 Å². The predicted octanol–water partition coefficient (Wildman–Crippen LogP) is 2.52. The van der Waals surface area contributed by atoms with Gasteiger partial charge in [-0.25, -0.2) is 17.7 Å². The number of carbonyl (C=O) groups excluding carboxylic acids is 3. The third-order valence-corrected chi connectivity index (χ3v) is 8.63. The summed E-state index contributed by atoms with van der Waals surface area (Å²) >= 11 is 0. The van der Waals surface area contributed by atoms with E-state index in [0.717, 1.165) is 22.7 Å². The summed E-state index contributed by atoms with van der Waals surface area (Å²) in [6, 6.07) is 12.4. The molecule has 2 rings (SSSR count). The van der Waals surface area contributed by atoms with Crippen LogP contribution >= 0.6 is 0 Å². The van der Waals surface area contributed by atoms with Crippen molar-refractivity contribution in [1.82, 2.24) is 25.0 Å². The molecule has 0 aromatic heterocycles. The van der Waals surface area contributed by atoms with E-state index in [2.05, 4.69) is 10.7 Å². The average molecular weight is 618 g/mol. The van der Waals surface area contributed by atoms with Crippen molar-refractivity contribution in [1.29, 1.82) is 0 Å². The molecule has 43 heavy (non-hydrogen) atoms. The zero-order valence-corrected chi connectivity index (χ0v) is 27.1. The lowest BCUT2D eigenvalue weighted by Gasteiger charge is -2.29. The molecular formula is C31H47N5O6S. The number of likely N-dealkylation sites (N-methyl/N-ethyl adjacent to an activating group) is 1. The van der Waals surface area contributed by atoms with Crippen LogP contribution in [0.25, 0.3) is 0 Å². The maximum atomic E-state index is 13.7. The smallest absolute Gasteiger partial charge is 0.253 e. The first-order chi connectivity index (χ1) is 20.2. The van der Waals surface area contributed by atoms with Crippen LogP contribution in [-0.2, 0) is 21.2 Å². The van der Waals surface area contributed by atoms with Gasteiger partial charge in [0.25, 0.3) is 11.8 Å². The fourth-order valence-electron chi connectivity index (χ4n) is 4.42. The van der Waals surface area contributed by atoms with Gasteiger partial charge in [0.15, 0.2) is 0 Å². The van der Waals surface area contributed by atoms with Crippen molar-refractivity contribution >= 4 is 27.7 Å². The van der Waals surface area contributed by atoms with Crippen molar-refractivity contribution in [3.63, 3.8) is 0 Å². The minimum Gasteiger partial charge on any atom is -0.390 e. The number of aliphatic hydroxyl groups is 1. The molecular weight excluding hydrogens is 570 g/mol. The van der Waals surface area contributed by atoms with Crippen LogP contribution < -0.4 is 10.7 Å². The first kappa shape index (κ1) is 35.9. The quantitative estimate of drug-likeness (QED) is 0.246. The second-order valence-electron chi connectivity index (χ2n) is 11.2. The molecule has 0 bridgehead atoms. The standard InChI is InChI=1S/C31H47N5O6S/c1-8-15-36(16-9-2)31(40)25-18-24(19-26(20-25)43(41,42)34(5)6)30(39)32-27(17-23-13-11-10-12-14-23)28(37)21-35(7)33-29(38)22(3)4/h10-14,18-20,22,27-28,37H,8-9,15-17,21H2,1-7H3,(H,32,39)(H,33,38). The van der Waals surface area contributed by atoms with Gasteiger partial charge in [0.1, 0.15) is 0 Å². The Labute approximate surface area is 256 Å². The van der Waals surface area contributed by atoms with E-state index < -0.39 is 28.1 Å². The van der Waals surface area contributed by atoms with E-state index in [1.165, 1.54) is 37.3 Å². The fraction of sp³-hybridized carbons (Fsp3) is 0.516. The molecule has 0 aliphatic heterocycles. The van der Waals surface area contributed by atoms with Gasteiger partial charge in [0.2, 0.25) is 15.9 Å². The first-order valence-electron chi connectivity index (χ1n) is 14.6. The summed E-state index contributed by atoms with van der Waals surface area (Å²) in [4.78, 5) is 40.8. The fourth-order valence-corrected chi connectivity index (χ4v) is 5.40. The van der Waals surface area contributed by atoms with E-state index >= 15 is 0 Å². The SMILES string of the molecule is CCCN(CCC)C(=O)c1cc(C(=O)NC(Cc2ccccc2)C(O)CN(C)NC(=O)C(C)C)cc(S(=O)(=O)N(C)C)c1. The van der Waals surface area contributed by atoms with Gasteiger partial charge in [0.05, 0.1) is 17.0 Å². The van der Waals surface area contributed by atoms with Crippen LogP contribution in [0.15, 0.2) is 53.4 Å². The number of aliphatic hydroxyl groups excluding tert-OH is 1. The van der Waals surface area contributed by atoms with Gasteiger partial charge < -0.3 is 15.3 Å². The highest BCUT2D eigenvalue weighted by molar-refractivity contribution is 7.89. The number of nitrogens with zero attached hydrogens (tertiary/aromatic N) is 3. The Balaban J connectivity index is 2.49. The number of rotatable bonds is 16. The van der Waals surface area contributed by atoms with Gasteiger partial charge in [-0.15, -0.1) is 0 Å². The molecule has 11 nitrogen and oxygen atoms in total. The highest BCUT2D eigenvalue weighted by Gasteiger charge is 2.28. The molecule has 0 aliphatic rings. The van der Waals surface area contributed by atoms with Crippen LogP contribution in [0.2, 0.25) is 0 Å². The Bertz CT molecular complexity index is 1330.